The summed E-state index contributed by atoms with van der Waals surface area (Å²) in [6, 6.07) is -1.31. The lowest BCUT2D eigenvalue weighted by Gasteiger charge is -2.14. The highest BCUT2D eigenvalue weighted by molar-refractivity contribution is 7.87. The van der Waals surface area contributed by atoms with Crippen molar-refractivity contribution in [3.05, 3.63) is 0 Å². The van der Waals surface area contributed by atoms with E-state index in [4.69, 9.17) is 10.2 Å². The van der Waals surface area contributed by atoms with Crippen LogP contribution in [0.4, 0.5) is 0 Å². The molecule has 96 valence electrons. The van der Waals surface area contributed by atoms with Gasteiger partial charge in [-0.2, -0.15) is 13.1 Å². The van der Waals surface area contributed by atoms with E-state index in [1.165, 1.54) is 0 Å². The van der Waals surface area contributed by atoms with Crippen LogP contribution >= 0.6 is 0 Å². The molecule has 0 heterocycles. The van der Waals surface area contributed by atoms with E-state index in [9.17, 15) is 13.2 Å². The predicted molar refractivity (Wildman–Crippen MR) is 58.0 cm³/mol. The SMILES string of the molecule is CC(C)CNS(=O)(=O)NC(CCO)C(=O)O. The topological polar surface area (TPSA) is 116 Å². The summed E-state index contributed by atoms with van der Waals surface area (Å²) in [6.45, 7) is 3.47. The molecule has 0 radical (unpaired) electrons. The van der Waals surface area contributed by atoms with Gasteiger partial charge in [0.2, 0.25) is 0 Å². The second kappa shape index (κ2) is 6.79. The summed E-state index contributed by atoms with van der Waals surface area (Å²) in [6.07, 6.45) is -0.169. The van der Waals surface area contributed by atoms with Crippen molar-refractivity contribution in [3.8, 4) is 0 Å². The van der Waals surface area contributed by atoms with Crippen molar-refractivity contribution in [1.29, 1.82) is 0 Å². The number of aliphatic hydroxyl groups is 1. The Morgan fingerprint density at radius 1 is 1.38 bits per heavy atom. The lowest BCUT2D eigenvalue weighted by Crippen LogP contribution is -2.47. The van der Waals surface area contributed by atoms with Gasteiger partial charge in [-0.3, -0.25) is 4.79 Å². The number of aliphatic carboxylic acids is 1. The molecule has 7 nitrogen and oxygen atoms in total. The van der Waals surface area contributed by atoms with Gasteiger partial charge in [0.25, 0.3) is 10.2 Å². The van der Waals surface area contributed by atoms with Crippen molar-refractivity contribution in [2.75, 3.05) is 13.2 Å². The van der Waals surface area contributed by atoms with Crippen LogP contribution < -0.4 is 9.44 Å². The molecule has 1 unspecified atom stereocenters. The third kappa shape index (κ3) is 6.72. The Morgan fingerprint density at radius 2 is 1.94 bits per heavy atom. The highest BCUT2D eigenvalue weighted by Crippen LogP contribution is 1.95. The molecule has 0 rings (SSSR count). The first kappa shape index (κ1) is 15.3. The van der Waals surface area contributed by atoms with Crippen molar-refractivity contribution in [1.82, 2.24) is 9.44 Å². The highest BCUT2D eigenvalue weighted by Gasteiger charge is 2.23. The monoisotopic (exact) mass is 254 g/mol. The largest absolute Gasteiger partial charge is 0.480 e. The maximum absolute atomic E-state index is 11.4. The second-order valence-electron chi connectivity index (χ2n) is 3.77. The van der Waals surface area contributed by atoms with Gasteiger partial charge in [0, 0.05) is 13.2 Å². The fraction of sp³-hybridized carbons (Fsp3) is 0.875. The first-order valence-electron chi connectivity index (χ1n) is 4.89. The van der Waals surface area contributed by atoms with E-state index in [0.717, 1.165) is 0 Å². The zero-order valence-electron chi connectivity index (χ0n) is 9.30. The minimum Gasteiger partial charge on any atom is -0.480 e. The fourth-order valence-electron chi connectivity index (χ4n) is 0.867. The van der Waals surface area contributed by atoms with Crippen molar-refractivity contribution in [2.24, 2.45) is 5.92 Å². The van der Waals surface area contributed by atoms with Crippen molar-refractivity contribution in [2.45, 2.75) is 26.3 Å². The molecule has 0 saturated heterocycles. The van der Waals surface area contributed by atoms with Crippen LogP contribution in [0.1, 0.15) is 20.3 Å². The number of hydrogen-bond acceptors (Lipinski definition) is 4. The van der Waals surface area contributed by atoms with E-state index in [2.05, 4.69) is 4.72 Å². The van der Waals surface area contributed by atoms with Gasteiger partial charge in [0.15, 0.2) is 0 Å². The lowest BCUT2D eigenvalue weighted by molar-refractivity contribution is -0.139. The van der Waals surface area contributed by atoms with Crippen molar-refractivity contribution < 1.29 is 23.4 Å². The number of carbonyl (C=O) groups is 1. The quantitative estimate of drug-likeness (QED) is 0.439. The fourth-order valence-corrected chi connectivity index (χ4v) is 2.10. The van der Waals surface area contributed by atoms with Gasteiger partial charge < -0.3 is 10.2 Å². The predicted octanol–water partition coefficient (Wildman–Crippen LogP) is -1.10. The molecule has 16 heavy (non-hydrogen) atoms. The molecule has 0 aliphatic heterocycles. The van der Waals surface area contributed by atoms with Crippen LogP contribution in [0.3, 0.4) is 0 Å². The van der Waals surface area contributed by atoms with Gasteiger partial charge in [-0.15, -0.1) is 0 Å². The molecule has 1 atom stereocenters. The van der Waals surface area contributed by atoms with Gasteiger partial charge in [0.1, 0.15) is 6.04 Å². The Morgan fingerprint density at radius 3 is 2.31 bits per heavy atom. The molecule has 0 aromatic carbocycles. The molecule has 0 amide bonds. The van der Waals surface area contributed by atoms with Gasteiger partial charge >= 0.3 is 5.97 Å². The third-order valence-electron chi connectivity index (χ3n) is 1.69. The molecule has 4 N–H and O–H groups in total. The Bertz CT molecular complexity index is 314. The molecule has 0 spiro atoms. The standard InChI is InChI=1S/C8H18N2O5S/c1-6(2)5-9-16(14,15)10-7(3-4-11)8(12)13/h6-7,9-11H,3-5H2,1-2H3,(H,12,13). The van der Waals surface area contributed by atoms with E-state index in [-0.39, 0.29) is 18.9 Å². The third-order valence-corrected chi connectivity index (χ3v) is 2.84. The zero-order chi connectivity index (χ0) is 12.8. The summed E-state index contributed by atoms with van der Waals surface area (Å²) in [7, 11) is -3.84. The molecule has 8 heteroatoms. The number of carboxylic acids is 1. The summed E-state index contributed by atoms with van der Waals surface area (Å²) in [5.74, 6) is -1.19. The smallest absolute Gasteiger partial charge is 0.321 e. The molecule has 0 aromatic heterocycles. The van der Waals surface area contributed by atoms with Gasteiger partial charge in [-0.1, -0.05) is 13.8 Å². The Labute approximate surface area is 95.0 Å². The number of aliphatic hydroxyl groups excluding tert-OH is 1. The summed E-state index contributed by atoms with van der Waals surface area (Å²) >= 11 is 0. The molecule has 0 fully saturated rings. The molecule has 0 aliphatic carbocycles. The Balaban J connectivity index is 4.36. The molecule has 0 bridgehead atoms. The van der Waals surface area contributed by atoms with Crippen LogP contribution in [0.2, 0.25) is 0 Å². The maximum atomic E-state index is 11.4. The van der Waals surface area contributed by atoms with E-state index < -0.39 is 28.8 Å². The number of hydrogen-bond donors (Lipinski definition) is 4. The van der Waals surface area contributed by atoms with Crippen molar-refractivity contribution >= 4 is 16.2 Å². The number of rotatable bonds is 8. The maximum Gasteiger partial charge on any atom is 0.321 e. The van der Waals surface area contributed by atoms with Gasteiger partial charge in [-0.25, -0.2) is 4.72 Å². The van der Waals surface area contributed by atoms with E-state index in [0.29, 0.717) is 0 Å². The summed E-state index contributed by atoms with van der Waals surface area (Å²) < 4.78 is 26.9. The van der Waals surface area contributed by atoms with Crippen LogP contribution in [0.5, 0.6) is 0 Å². The zero-order valence-corrected chi connectivity index (χ0v) is 10.1. The van der Waals surface area contributed by atoms with E-state index in [1.54, 1.807) is 0 Å². The highest BCUT2D eigenvalue weighted by atomic mass is 32.2. The van der Waals surface area contributed by atoms with Gasteiger partial charge in [-0.05, 0) is 12.3 Å². The van der Waals surface area contributed by atoms with Crippen LogP contribution in [-0.2, 0) is 15.0 Å². The molecular formula is C8H18N2O5S. The normalized spacial score (nSPS) is 14.0. The first-order chi connectivity index (χ1) is 7.28. The Hall–Kier alpha value is -0.700. The molecule has 0 aromatic rings. The number of nitrogens with one attached hydrogen (secondary N) is 2. The van der Waals surface area contributed by atoms with Crippen LogP contribution in [-0.4, -0.2) is 43.8 Å². The second-order valence-corrected chi connectivity index (χ2v) is 5.30. The first-order valence-corrected chi connectivity index (χ1v) is 6.37. The molecular weight excluding hydrogens is 236 g/mol. The van der Waals surface area contributed by atoms with Gasteiger partial charge in [0.05, 0.1) is 0 Å². The molecule has 0 saturated carbocycles. The van der Waals surface area contributed by atoms with Crippen LogP contribution in [0.25, 0.3) is 0 Å². The van der Waals surface area contributed by atoms with Crippen LogP contribution in [0, 0.1) is 5.92 Å². The van der Waals surface area contributed by atoms with E-state index in [1.807, 2.05) is 18.6 Å². The van der Waals surface area contributed by atoms with E-state index >= 15 is 0 Å². The van der Waals surface area contributed by atoms with Crippen molar-refractivity contribution in [3.63, 3.8) is 0 Å². The summed E-state index contributed by atoms with van der Waals surface area (Å²) in [5, 5.41) is 17.3. The van der Waals surface area contributed by atoms with Crippen LogP contribution in [0.15, 0.2) is 0 Å². The minimum absolute atomic E-state index is 0.123. The summed E-state index contributed by atoms with van der Waals surface area (Å²) in [5.41, 5.74) is 0. The average molecular weight is 254 g/mol. The summed E-state index contributed by atoms with van der Waals surface area (Å²) in [4.78, 5) is 10.6. The Kier molecular flexibility index (Phi) is 6.49. The minimum atomic E-state index is -3.84. The number of carboxylic acid groups (broad SMARTS) is 1. The lowest BCUT2D eigenvalue weighted by atomic mass is 10.2. The molecule has 0 aliphatic rings. The average Bonchev–Trinajstić information content (AvgIpc) is 2.14.